The van der Waals surface area contributed by atoms with Crippen molar-refractivity contribution < 1.29 is 66.5 Å². The predicted octanol–water partition coefficient (Wildman–Crippen LogP) is 13.7. The molecule has 4 heterocycles. The SMILES string of the molecule is CC(C)(C)OC(=O)N1CCC(C(=O)O)CC1.CCC(=O)C[C@@H](Cc1nc2ccc(C(C)C)cc2s1)C(=O)N[C@H](CCC(=O)C1CCNCC1)C1CCCCC1.CCC(=O)C[C@@H](Cc1nc2ccc(C(C)C)cc2s1)C(=O)N[C@H](CN)C1CCCCC1.O=C(O)C(F)(F)F. The molecule has 0 unspecified atom stereocenters. The Labute approximate surface area is 555 Å². The van der Waals surface area contributed by atoms with Crippen molar-refractivity contribution in [2.24, 2.45) is 41.2 Å². The average molecular weight is 1340 g/mol. The number of fused-ring (bicyclic) bond motifs is 2. The molecule has 4 fully saturated rings. The summed E-state index contributed by atoms with van der Waals surface area (Å²) in [7, 11) is 0. The number of carboxylic acid groups (broad SMARTS) is 2. The second-order valence-corrected chi connectivity index (χ2v) is 29.4. The summed E-state index contributed by atoms with van der Waals surface area (Å²) < 4.78 is 39.2. The van der Waals surface area contributed by atoms with E-state index in [0.29, 0.717) is 100 Å². The number of Topliss-reactive ketones (excluding diaryl/α,β-unsaturated/α-hetero) is 3. The first kappa shape index (κ1) is 77.8. The number of nitrogens with two attached hydrogens (primary N) is 1. The Morgan fingerprint density at radius 2 is 1.09 bits per heavy atom. The fourth-order valence-electron chi connectivity index (χ4n) is 12.4. The molecule has 0 spiro atoms. The second-order valence-electron chi connectivity index (χ2n) is 27.1. The van der Waals surface area contributed by atoms with E-state index in [2.05, 4.69) is 80.0 Å². The molecule has 2 aromatic carbocycles. The molecule has 0 bridgehead atoms. The number of alkyl halides is 3. The zero-order chi connectivity index (χ0) is 68.6. The van der Waals surface area contributed by atoms with Crippen LogP contribution >= 0.6 is 22.7 Å². The van der Waals surface area contributed by atoms with E-state index >= 15 is 0 Å². The van der Waals surface area contributed by atoms with Crippen molar-refractivity contribution in [3.05, 3.63) is 57.5 Å². The van der Waals surface area contributed by atoms with Gasteiger partial charge >= 0.3 is 24.2 Å². The summed E-state index contributed by atoms with van der Waals surface area (Å²) in [6, 6.07) is 12.8. The van der Waals surface area contributed by atoms with Gasteiger partial charge in [-0.2, -0.15) is 13.2 Å². The molecular formula is C70H104F3N7O11S2. The Hall–Kier alpha value is -5.91. The van der Waals surface area contributed by atoms with E-state index < -0.39 is 35.6 Å². The Morgan fingerprint density at radius 3 is 1.47 bits per heavy atom. The molecule has 3 amide bonds. The van der Waals surface area contributed by atoms with Gasteiger partial charge in [-0.1, -0.05) is 92.2 Å². The standard InChI is InChI=1S/C32H47N3O3S.C25H37N3O2S.C11H19NO4.C2HF3O2/c1-4-26(36)18-25(20-31-34-28-11-10-24(21(2)3)19-30(28)39-31)32(38)35-27(22-8-6-5-7-9-22)12-13-29(37)23-14-16-33-17-15-23;1-4-20(29)12-19(25(30)28-22(15-26)17-8-6-5-7-9-17)14-24-27-21-11-10-18(16(2)3)13-23(21)31-24;1-11(2,3)16-10(15)12-6-4-8(5-7-12)9(13)14;3-2(4,5)1(6)7/h10-11,19,21-23,25,27,33H,4-9,12-18,20H2,1-3H3,(H,35,38);10-11,13,16-17,19,22H,4-9,12,14-15,26H2,1-3H3,(H,28,30);8H,4-7H2,1-3H3,(H,13,14);(H,6,7)/t25-,27+;19-,22+;;/m00../s1. The Bertz CT molecular complexity index is 3060. The molecule has 93 heavy (non-hydrogen) atoms. The van der Waals surface area contributed by atoms with Crippen molar-refractivity contribution in [3.63, 3.8) is 0 Å². The largest absolute Gasteiger partial charge is 0.490 e. The zero-order valence-electron chi connectivity index (χ0n) is 56.3. The van der Waals surface area contributed by atoms with Crippen LogP contribution in [0, 0.1) is 35.5 Å². The lowest BCUT2D eigenvalue weighted by atomic mass is 9.80. The molecule has 4 aromatic rings. The second kappa shape index (κ2) is 38.0. The highest BCUT2D eigenvalue weighted by molar-refractivity contribution is 7.18. The lowest BCUT2D eigenvalue weighted by Gasteiger charge is -2.32. The monoisotopic (exact) mass is 1340 g/mol. The van der Waals surface area contributed by atoms with Gasteiger partial charge in [-0.05, 0) is 151 Å². The summed E-state index contributed by atoms with van der Waals surface area (Å²) in [4.78, 5) is 107. The summed E-state index contributed by atoms with van der Waals surface area (Å²) in [5.41, 5.74) is 10.0. The number of hydrogen-bond donors (Lipinski definition) is 6. The molecule has 23 heteroatoms. The van der Waals surface area contributed by atoms with Gasteiger partial charge in [0, 0.05) is 82.6 Å². The Balaban J connectivity index is 0.000000257. The van der Waals surface area contributed by atoms with E-state index in [1.165, 1.54) is 49.7 Å². The molecular weight excluding hydrogens is 1240 g/mol. The minimum Gasteiger partial charge on any atom is -0.481 e. The molecule has 2 saturated carbocycles. The molecule has 4 atom stereocenters. The number of nitrogens with zero attached hydrogens (tertiary/aromatic N) is 3. The number of aromatic nitrogens is 2. The summed E-state index contributed by atoms with van der Waals surface area (Å²) >= 11 is 3.27. The minimum atomic E-state index is -5.08. The van der Waals surface area contributed by atoms with Crippen LogP contribution in [0.2, 0.25) is 0 Å². The van der Waals surface area contributed by atoms with Gasteiger partial charge in [0.15, 0.2) is 0 Å². The molecule has 4 aliphatic rings. The number of amides is 3. The lowest BCUT2D eigenvalue weighted by Crippen LogP contribution is -2.48. The number of thiazole rings is 2. The van der Waals surface area contributed by atoms with Crippen LogP contribution in [0.4, 0.5) is 18.0 Å². The number of carbonyl (C=O) groups is 8. The summed E-state index contributed by atoms with van der Waals surface area (Å²) in [5, 5.41) is 27.7. The van der Waals surface area contributed by atoms with Gasteiger partial charge in [-0.25, -0.2) is 19.6 Å². The van der Waals surface area contributed by atoms with Crippen LogP contribution < -0.4 is 21.7 Å². The summed E-state index contributed by atoms with van der Waals surface area (Å²) in [6.45, 7) is 21.1. The molecule has 2 aliphatic carbocycles. The average Bonchev–Trinajstić information content (AvgIpc) is 1.87. The van der Waals surface area contributed by atoms with Crippen LogP contribution in [0.25, 0.3) is 20.4 Å². The van der Waals surface area contributed by atoms with Crippen LogP contribution in [0.3, 0.4) is 0 Å². The van der Waals surface area contributed by atoms with E-state index in [9.17, 15) is 46.7 Å². The first-order valence-corrected chi connectivity index (χ1v) is 35.5. The maximum absolute atomic E-state index is 13.8. The lowest BCUT2D eigenvalue weighted by molar-refractivity contribution is -0.192. The van der Waals surface area contributed by atoms with Gasteiger partial charge < -0.3 is 41.5 Å². The third kappa shape index (κ3) is 26.3. The number of rotatable bonds is 24. The number of nitrogens with one attached hydrogen (secondary N) is 3. The van der Waals surface area contributed by atoms with Gasteiger partial charge in [-0.15, -0.1) is 22.7 Å². The highest BCUT2D eigenvalue weighted by Crippen LogP contribution is 2.34. The number of likely N-dealkylation sites (tertiary alicyclic amines) is 1. The number of ether oxygens (including phenoxy) is 1. The third-order valence-electron chi connectivity index (χ3n) is 18.1. The normalized spacial score (nSPS) is 17.6. The zero-order valence-corrected chi connectivity index (χ0v) is 57.9. The summed E-state index contributed by atoms with van der Waals surface area (Å²) in [6.07, 6.45) is 12.7. The fourth-order valence-corrected chi connectivity index (χ4v) is 14.6. The van der Waals surface area contributed by atoms with Crippen LogP contribution in [0.1, 0.15) is 224 Å². The third-order valence-corrected chi connectivity index (χ3v) is 20.2. The number of ketones is 3. The first-order valence-electron chi connectivity index (χ1n) is 33.9. The number of hydrogen-bond acceptors (Lipinski definition) is 15. The van der Waals surface area contributed by atoms with Crippen LogP contribution in [-0.2, 0) is 51.1 Å². The number of aliphatic carboxylic acids is 2. The van der Waals surface area contributed by atoms with Crippen molar-refractivity contribution in [3.8, 4) is 0 Å². The molecule has 0 radical (unpaired) electrons. The van der Waals surface area contributed by atoms with E-state index in [4.69, 9.17) is 35.4 Å². The highest BCUT2D eigenvalue weighted by atomic mass is 32.1. The highest BCUT2D eigenvalue weighted by Gasteiger charge is 2.39. The van der Waals surface area contributed by atoms with Gasteiger partial charge in [0.2, 0.25) is 11.8 Å². The number of halogens is 3. The molecule has 2 saturated heterocycles. The molecule has 2 aliphatic heterocycles. The van der Waals surface area contributed by atoms with Crippen molar-refractivity contribution in [1.29, 1.82) is 0 Å². The van der Waals surface area contributed by atoms with Crippen LogP contribution in [-0.4, -0.2) is 129 Å². The topological polar surface area (TPSA) is 277 Å². The van der Waals surface area contributed by atoms with Crippen molar-refractivity contribution in [1.82, 2.24) is 30.8 Å². The molecule has 518 valence electrons. The number of carbonyl (C=O) groups excluding carboxylic acids is 6. The van der Waals surface area contributed by atoms with Gasteiger partial charge in [-0.3, -0.25) is 28.8 Å². The van der Waals surface area contributed by atoms with Crippen LogP contribution in [0.15, 0.2) is 36.4 Å². The quantitative estimate of drug-likeness (QED) is 0.0380. The van der Waals surface area contributed by atoms with Gasteiger partial charge in [0.05, 0.1) is 48.2 Å². The van der Waals surface area contributed by atoms with E-state index in [1.54, 1.807) is 27.6 Å². The molecule has 7 N–H and O–H groups in total. The van der Waals surface area contributed by atoms with Crippen molar-refractivity contribution in [2.75, 3.05) is 32.7 Å². The maximum Gasteiger partial charge on any atom is 0.490 e. The number of piperidine rings is 2. The first-order chi connectivity index (χ1) is 44.0. The van der Waals surface area contributed by atoms with Gasteiger partial charge in [0.25, 0.3) is 0 Å². The molecule has 8 rings (SSSR count). The Kier molecular flexibility index (Phi) is 31.8. The van der Waals surface area contributed by atoms with Gasteiger partial charge in [0.1, 0.15) is 23.0 Å². The van der Waals surface area contributed by atoms with Crippen LogP contribution in [0.5, 0.6) is 0 Å². The maximum atomic E-state index is 13.8. The summed E-state index contributed by atoms with van der Waals surface area (Å²) in [5.74, 6) is -2.31. The molecule has 18 nitrogen and oxygen atoms in total. The number of benzene rings is 2. The molecule has 2 aromatic heterocycles. The number of carboxylic acids is 2. The van der Waals surface area contributed by atoms with E-state index in [-0.39, 0.29) is 66.2 Å². The van der Waals surface area contributed by atoms with Crippen molar-refractivity contribution in [2.45, 2.75) is 239 Å². The smallest absolute Gasteiger partial charge is 0.481 e. The van der Waals surface area contributed by atoms with E-state index in [1.807, 2.05) is 34.6 Å². The van der Waals surface area contributed by atoms with Crippen molar-refractivity contribution >= 4 is 90.3 Å². The fraction of sp³-hybridized carbons (Fsp3) is 0.686. The predicted molar refractivity (Wildman–Crippen MR) is 359 cm³/mol. The minimum absolute atomic E-state index is 0.00371. The Morgan fingerprint density at radius 1 is 0.656 bits per heavy atom. The van der Waals surface area contributed by atoms with E-state index in [0.717, 1.165) is 82.1 Å².